The van der Waals surface area contributed by atoms with E-state index in [0.717, 1.165) is 31.0 Å². The van der Waals surface area contributed by atoms with E-state index >= 15 is 0 Å². The van der Waals surface area contributed by atoms with Gasteiger partial charge in [-0.25, -0.2) is 15.0 Å². The molecule has 5 aromatic rings. The van der Waals surface area contributed by atoms with E-state index in [0.29, 0.717) is 17.2 Å². The lowest BCUT2D eigenvalue weighted by molar-refractivity contribution is -0.124. The van der Waals surface area contributed by atoms with E-state index in [2.05, 4.69) is 30.6 Å². The molecule has 6 rings (SSSR count). The summed E-state index contributed by atoms with van der Waals surface area (Å²) in [6, 6.07) is 4.57. The second-order valence-electron chi connectivity index (χ2n) is 8.58. The number of rotatable bonds is 6. The minimum Gasteiger partial charge on any atom is -0.384 e. The number of pyridine rings is 2. The molecule has 0 radical (unpaired) electrons. The lowest BCUT2D eigenvalue weighted by atomic mass is 10.1. The van der Waals surface area contributed by atoms with Gasteiger partial charge in [0.2, 0.25) is 5.91 Å². The van der Waals surface area contributed by atoms with Crippen LogP contribution in [0.4, 0.5) is 11.5 Å². The first-order chi connectivity index (χ1) is 18.4. The minimum atomic E-state index is -0.855. The fourth-order valence-corrected chi connectivity index (χ4v) is 6.23. The highest BCUT2D eigenvalue weighted by Crippen LogP contribution is 2.34. The molecule has 6 heterocycles. The molecule has 2 amide bonds. The zero-order valence-electron chi connectivity index (χ0n) is 19.9. The molecule has 0 saturated carbocycles. The third-order valence-electron chi connectivity index (χ3n) is 6.19. The summed E-state index contributed by atoms with van der Waals surface area (Å²) < 4.78 is 8.50. The van der Waals surface area contributed by atoms with Gasteiger partial charge in [0.25, 0.3) is 11.5 Å². The SMILES string of the molecule is CO[C@@H]1C[C@@H](C(=O)NCc2cc3cnc(N)cc3s2)n2c1ncc(NC(=O)c1nc3ccncc3s1)c2=O. The van der Waals surface area contributed by atoms with Crippen LogP contribution < -0.4 is 21.9 Å². The maximum Gasteiger partial charge on any atom is 0.284 e. The zero-order chi connectivity index (χ0) is 26.4. The van der Waals surface area contributed by atoms with Crippen molar-refractivity contribution in [3.8, 4) is 0 Å². The second-order valence-corrected chi connectivity index (χ2v) is 10.8. The molecule has 2 atom stereocenters. The van der Waals surface area contributed by atoms with Crippen molar-refractivity contribution in [2.75, 3.05) is 18.2 Å². The minimum absolute atomic E-state index is 0.0553. The van der Waals surface area contributed by atoms with E-state index in [4.69, 9.17) is 10.5 Å². The van der Waals surface area contributed by atoms with Gasteiger partial charge in [-0.3, -0.25) is 23.9 Å². The number of thiazole rings is 1. The van der Waals surface area contributed by atoms with Gasteiger partial charge in [0.15, 0.2) is 5.01 Å². The molecule has 1 aliphatic heterocycles. The largest absolute Gasteiger partial charge is 0.384 e. The normalized spacial score (nSPS) is 16.6. The molecule has 4 N–H and O–H groups in total. The Morgan fingerprint density at radius 3 is 2.87 bits per heavy atom. The van der Waals surface area contributed by atoms with Crippen molar-refractivity contribution in [3.63, 3.8) is 0 Å². The highest BCUT2D eigenvalue weighted by atomic mass is 32.1. The highest BCUT2D eigenvalue weighted by Gasteiger charge is 2.38. The second kappa shape index (κ2) is 9.55. The molecule has 0 aliphatic carbocycles. The lowest BCUT2D eigenvalue weighted by Gasteiger charge is -2.14. The molecule has 0 bridgehead atoms. The third kappa shape index (κ3) is 4.27. The topological polar surface area (TPSA) is 167 Å². The van der Waals surface area contributed by atoms with Crippen LogP contribution in [0.25, 0.3) is 20.3 Å². The number of amides is 2. The van der Waals surface area contributed by atoms with Crippen LogP contribution in [0.3, 0.4) is 0 Å². The fraction of sp³-hybridized carbons (Fsp3) is 0.208. The molecule has 0 aromatic carbocycles. The average Bonchev–Trinajstić information content (AvgIpc) is 3.63. The third-order valence-corrected chi connectivity index (χ3v) is 8.29. The predicted molar refractivity (Wildman–Crippen MR) is 143 cm³/mol. The molecule has 38 heavy (non-hydrogen) atoms. The van der Waals surface area contributed by atoms with E-state index in [1.54, 1.807) is 30.7 Å². The number of carbonyl (C=O) groups excluding carboxylic acids is 2. The number of thiophene rings is 1. The average molecular weight is 549 g/mol. The lowest BCUT2D eigenvalue weighted by Crippen LogP contribution is -2.36. The number of hydrogen-bond donors (Lipinski definition) is 3. The Labute approximate surface area is 222 Å². The Hall–Kier alpha value is -4.27. The molecule has 192 valence electrons. The molecule has 0 unspecified atom stereocenters. The first-order valence-electron chi connectivity index (χ1n) is 11.5. The Kier molecular flexibility index (Phi) is 6.06. The predicted octanol–water partition coefficient (Wildman–Crippen LogP) is 2.64. The molecule has 5 aromatic heterocycles. The van der Waals surface area contributed by atoms with Gasteiger partial charge in [-0.15, -0.1) is 22.7 Å². The van der Waals surface area contributed by atoms with Gasteiger partial charge in [-0.1, -0.05) is 0 Å². The fourth-order valence-electron chi connectivity index (χ4n) is 4.38. The molecule has 0 spiro atoms. The number of nitrogens with zero attached hydrogens (tertiary/aromatic N) is 5. The number of anilines is 2. The van der Waals surface area contributed by atoms with E-state index in [1.807, 2.05) is 6.07 Å². The molecule has 0 fully saturated rings. The maximum absolute atomic E-state index is 13.4. The Morgan fingerprint density at radius 1 is 1.18 bits per heavy atom. The number of nitrogen functional groups attached to an aromatic ring is 1. The van der Waals surface area contributed by atoms with Gasteiger partial charge in [0.1, 0.15) is 29.5 Å². The van der Waals surface area contributed by atoms with Gasteiger partial charge in [-0.2, -0.15) is 0 Å². The summed E-state index contributed by atoms with van der Waals surface area (Å²) in [5, 5.41) is 6.62. The van der Waals surface area contributed by atoms with Crippen LogP contribution in [0.1, 0.15) is 39.1 Å². The van der Waals surface area contributed by atoms with Crippen molar-refractivity contribution < 1.29 is 14.3 Å². The van der Waals surface area contributed by atoms with Gasteiger partial charge in [0.05, 0.1) is 23.0 Å². The van der Waals surface area contributed by atoms with Crippen molar-refractivity contribution in [2.24, 2.45) is 0 Å². The van der Waals surface area contributed by atoms with Crippen LogP contribution in [0, 0.1) is 0 Å². The van der Waals surface area contributed by atoms with E-state index in [1.165, 1.54) is 29.2 Å². The van der Waals surface area contributed by atoms with E-state index < -0.39 is 23.6 Å². The van der Waals surface area contributed by atoms with Crippen LogP contribution >= 0.6 is 22.7 Å². The quantitative estimate of drug-likeness (QED) is 0.289. The summed E-state index contributed by atoms with van der Waals surface area (Å²) in [7, 11) is 1.50. The van der Waals surface area contributed by atoms with Crippen molar-refractivity contribution in [3.05, 3.63) is 69.0 Å². The smallest absolute Gasteiger partial charge is 0.284 e. The Bertz CT molecular complexity index is 1750. The molecular formula is C24H20N8O4S2. The molecular weight excluding hydrogens is 528 g/mol. The summed E-state index contributed by atoms with van der Waals surface area (Å²) in [5.41, 5.74) is 5.79. The first kappa shape index (κ1) is 24.1. The Balaban J connectivity index is 1.23. The zero-order valence-corrected chi connectivity index (χ0v) is 21.5. The summed E-state index contributed by atoms with van der Waals surface area (Å²) in [6.07, 6.45) is 5.87. The number of hydrogen-bond acceptors (Lipinski definition) is 11. The number of methoxy groups -OCH3 is 1. The number of nitrogens with two attached hydrogens (primary N) is 1. The molecule has 1 aliphatic rings. The van der Waals surface area contributed by atoms with Crippen LogP contribution in [0.2, 0.25) is 0 Å². The molecule has 14 heteroatoms. The molecule has 12 nitrogen and oxygen atoms in total. The van der Waals surface area contributed by atoms with Crippen molar-refractivity contribution in [2.45, 2.75) is 25.1 Å². The first-order valence-corrected chi connectivity index (χ1v) is 13.1. The summed E-state index contributed by atoms with van der Waals surface area (Å²) in [5.74, 6) is -0.150. The highest BCUT2D eigenvalue weighted by molar-refractivity contribution is 7.20. The van der Waals surface area contributed by atoms with Crippen molar-refractivity contribution >= 4 is 66.3 Å². The van der Waals surface area contributed by atoms with Crippen LogP contribution in [0.5, 0.6) is 0 Å². The summed E-state index contributed by atoms with van der Waals surface area (Å²) in [4.78, 5) is 57.2. The maximum atomic E-state index is 13.4. The number of ether oxygens (including phenoxy) is 1. The monoisotopic (exact) mass is 548 g/mol. The summed E-state index contributed by atoms with van der Waals surface area (Å²) in [6.45, 7) is 0.270. The van der Waals surface area contributed by atoms with Crippen LogP contribution in [-0.2, 0) is 16.1 Å². The Morgan fingerprint density at radius 2 is 2.05 bits per heavy atom. The summed E-state index contributed by atoms with van der Waals surface area (Å²) >= 11 is 2.66. The van der Waals surface area contributed by atoms with Gasteiger partial charge < -0.3 is 21.1 Å². The number of aromatic nitrogens is 5. The van der Waals surface area contributed by atoms with E-state index in [-0.39, 0.29) is 29.6 Å². The number of fused-ring (bicyclic) bond motifs is 3. The van der Waals surface area contributed by atoms with Gasteiger partial charge in [0, 0.05) is 47.1 Å². The molecule has 0 saturated heterocycles. The number of nitrogens with one attached hydrogen (secondary N) is 2. The van der Waals surface area contributed by atoms with Gasteiger partial charge >= 0.3 is 0 Å². The van der Waals surface area contributed by atoms with Crippen LogP contribution in [0.15, 0.2) is 47.8 Å². The van der Waals surface area contributed by atoms with Gasteiger partial charge in [-0.05, 0) is 18.2 Å². The van der Waals surface area contributed by atoms with E-state index in [9.17, 15) is 14.4 Å². The standard InChI is InChI=1S/C24H20N8O4S2/c1-36-16-5-15(21(33)29-8-12-4-11-7-27-19(25)6-17(11)37-12)32-20(16)28-9-14(24(32)35)30-22(34)23-31-13-2-3-26-10-18(13)38-23/h2-4,6-7,9-10,15-16H,5,8H2,1H3,(H2,25,27)(H,29,33)(H,30,34)/t15-,16+/m0/s1. The van der Waals surface area contributed by atoms with Crippen LogP contribution in [-0.4, -0.2) is 43.4 Å². The number of carbonyl (C=O) groups is 2. The van der Waals surface area contributed by atoms with Crippen molar-refractivity contribution in [1.82, 2.24) is 29.8 Å². The van der Waals surface area contributed by atoms with Crippen molar-refractivity contribution in [1.29, 1.82) is 0 Å².